The van der Waals surface area contributed by atoms with E-state index in [1.807, 2.05) is 31.2 Å². The van der Waals surface area contributed by atoms with Gasteiger partial charge in [-0.25, -0.2) is 0 Å². The Balaban J connectivity index is 2.52. The molecule has 0 aliphatic heterocycles. The molecule has 0 unspecified atom stereocenters. The van der Waals surface area contributed by atoms with Crippen LogP contribution in [0, 0.1) is 0 Å². The van der Waals surface area contributed by atoms with Gasteiger partial charge >= 0.3 is 0 Å². The Kier molecular flexibility index (Phi) is 7.04. The van der Waals surface area contributed by atoms with E-state index in [2.05, 4.69) is 6.58 Å². The van der Waals surface area contributed by atoms with Gasteiger partial charge in [0.05, 0.1) is 13.7 Å². The van der Waals surface area contributed by atoms with Crippen molar-refractivity contribution >= 4 is 0 Å². The monoisotopic (exact) mass is 263 g/mol. The SMILES string of the molecule is C=CCCCCCOc1cc(OC)ccc1[C@@H](C)N. The fourth-order valence-corrected chi connectivity index (χ4v) is 1.89. The van der Waals surface area contributed by atoms with Gasteiger partial charge in [-0.3, -0.25) is 0 Å². The lowest BCUT2D eigenvalue weighted by atomic mass is 10.1. The Morgan fingerprint density at radius 2 is 2.11 bits per heavy atom. The van der Waals surface area contributed by atoms with E-state index < -0.39 is 0 Å². The summed E-state index contributed by atoms with van der Waals surface area (Å²) in [6.45, 7) is 6.39. The van der Waals surface area contributed by atoms with Crippen molar-refractivity contribution in [3.05, 3.63) is 36.4 Å². The van der Waals surface area contributed by atoms with Crippen molar-refractivity contribution in [1.82, 2.24) is 0 Å². The molecular formula is C16H25NO2. The molecule has 0 amide bonds. The lowest BCUT2D eigenvalue weighted by Gasteiger charge is -2.15. The molecule has 1 aromatic rings. The minimum Gasteiger partial charge on any atom is -0.497 e. The van der Waals surface area contributed by atoms with Gasteiger partial charge in [-0.05, 0) is 38.7 Å². The van der Waals surface area contributed by atoms with Crippen molar-refractivity contribution in [3.63, 3.8) is 0 Å². The topological polar surface area (TPSA) is 44.5 Å². The Hall–Kier alpha value is -1.48. The number of nitrogens with two attached hydrogens (primary N) is 1. The Labute approximate surface area is 116 Å². The highest BCUT2D eigenvalue weighted by atomic mass is 16.5. The van der Waals surface area contributed by atoms with E-state index in [1.54, 1.807) is 7.11 Å². The van der Waals surface area contributed by atoms with E-state index >= 15 is 0 Å². The standard InChI is InChI=1S/C16H25NO2/c1-4-5-6-7-8-11-19-16-12-14(18-3)9-10-15(16)13(2)17/h4,9-10,12-13H,1,5-8,11,17H2,2-3H3/t13-/m1/s1. The summed E-state index contributed by atoms with van der Waals surface area (Å²) in [4.78, 5) is 0. The average Bonchev–Trinajstić information content (AvgIpc) is 2.42. The van der Waals surface area contributed by atoms with Gasteiger partial charge in [-0.2, -0.15) is 0 Å². The average molecular weight is 263 g/mol. The predicted molar refractivity (Wildman–Crippen MR) is 79.8 cm³/mol. The minimum atomic E-state index is -0.0401. The highest BCUT2D eigenvalue weighted by Gasteiger charge is 2.09. The zero-order valence-corrected chi connectivity index (χ0v) is 12.0. The van der Waals surface area contributed by atoms with Crippen LogP contribution in [-0.2, 0) is 0 Å². The summed E-state index contributed by atoms with van der Waals surface area (Å²) in [7, 11) is 1.65. The van der Waals surface area contributed by atoms with Crippen LogP contribution >= 0.6 is 0 Å². The zero-order chi connectivity index (χ0) is 14.1. The fraction of sp³-hybridized carbons (Fsp3) is 0.500. The number of benzene rings is 1. The summed E-state index contributed by atoms with van der Waals surface area (Å²) in [6, 6.07) is 5.75. The molecule has 1 rings (SSSR count). The molecule has 1 atom stereocenters. The minimum absolute atomic E-state index is 0.0401. The van der Waals surface area contributed by atoms with E-state index in [-0.39, 0.29) is 6.04 Å². The maximum Gasteiger partial charge on any atom is 0.127 e. The molecule has 0 saturated heterocycles. The number of rotatable bonds is 9. The molecule has 0 spiro atoms. The summed E-state index contributed by atoms with van der Waals surface area (Å²) in [5.41, 5.74) is 6.96. The maximum atomic E-state index is 5.94. The van der Waals surface area contributed by atoms with Crippen molar-refractivity contribution in [3.8, 4) is 11.5 Å². The van der Waals surface area contributed by atoms with Crippen LogP contribution < -0.4 is 15.2 Å². The first-order valence-corrected chi connectivity index (χ1v) is 6.86. The van der Waals surface area contributed by atoms with Crippen LogP contribution in [0.4, 0.5) is 0 Å². The number of allylic oxidation sites excluding steroid dienone is 1. The van der Waals surface area contributed by atoms with E-state index in [9.17, 15) is 0 Å². The van der Waals surface area contributed by atoms with Gasteiger partial charge in [0.15, 0.2) is 0 Å². The fourth-order valence-electron chi connectivity index (χ4n) is 1.89. The van der Waals surface area contributed by atoms with E-state index in [1.165, 1.54) is 6.42 Å². The molecule has 106 valence electrons. The van der Waals surface area contributed by atoms with Crippen LogP contribution in [0.5, 0.6) is 11.5 Å². The molecule has 0 fully saturated rings. The van der Waals surface area contributed by atoms with Crippen LogP contribution in [0.3, 0.4) is 0 Å². The maximum absolute atomic E-state index is 5.94. The molecule has 19 heavy (non-hydrogen) atoms. The van der Waals surface area contributed by atoms with E-state index in [4.69, 9.17) is 15.2 Å². The van der Waals surface area contributed by atoms with Crippen molar-refractivity contribution in [2.45, 2.75) is 38.6 Å². The molecule has 0 saturated carbocycles. The first-order chi connectivity index (χ1) is 9.19. The van der Waals surface area contributed by atoms with Crippen molar-refractivity contribution < 1.29 is 9.47 Å². The van der Waals surface area contributed by atoms with E-state index in [0.717, 1.165) is 36.3 Å². The molecular weight excluding hydrogens is 238 g/mol. The number of ether oxygens (including phenoxy) is 2. The molecule has 1 aromatic carbocycles. The number of unbranched alkanes of at least 4 members (excludes halogenated alkanes) is 3. The molecule has 0 bridgehead atoms. The third-order valence-electron chi connectivity index (χ3n) is 3.02. The van der Waals surface area contributed by atoms with Gasteiger partial charge in [0.2, 0.25) is 0 Å². The van der Waals surface area contributed by atoms with Crippen LogP contribution in [-0.4, -0.2) is 13.7 Å². The second-order valence-corrected chi connectivity index (χ2v) is 4.68. The molecule has 0 aromatic heterocycles. The highest BCUT2D eigenvalue weighted by molar-refractivity contribution is 5.42. The van der Waals surface area contributed by atoms with Gasteiger partial charge < -0.3 is 15.2 Å². The Bertz CT molecular complexity index is 388. The van der Waals surface area contributed by atoms with Gasteiger partial charge in [0, 0.05) is 17.7 Å². The quantitative estimate of drug-likeness (QED) is 0.544. The Morgan fingerprint density at radius 1 is 1.32 bits per heavy atom. The van der Waals surface area contributed by atoms with Crippen LogP contribution in [0.2, 0.25) is 0 Å². The molecule has 3 nitrogen and oxygen atoms in total. The highest BCUT2D eigenvalue weighted by Crippen LogP contribution is 2.28. The third-order valence-corrected chi connectivity index (χ3v) is 3.02. The smallest absolute Gasteiger partial charge is 0.127 e. The number of hydrogen-bond donors (Lipinski definition) is 1. The van der Waals surface area contributed by atoms with Crippen molar-refractivity contribution in [2.24, 2.45) is 5.73 Å². The van der Waals surface area contributed by atoms with Gasteiger partial charge in [-0.15, -0.1) is 6.58 Å². The molecule has 0 heterocycles. The first kappa shape index (κ1) is 15.6. The predicted octanol–water partition coefficient (Wildman–Crippen LogP) is 3.84. The zero-order valence-electron chi connectivity index (χ0n) is 12.0. The van der Waals surface area contributed by atoms with Crippen molar-refractivity contribution in [2.75, 3.05) is 13.7 Å². The number of hydrogen-bond acceptors (Lipinski definition) is 3. The normalized spacial score (nSPS) is 11.9. The second-order valence-electron chi connectivity index (χ2n) is 4.68. The second kappa shape index (κ2) is 8.59. The van der Waals surface area contributed by atoms with Gasteiger partial charge in [-0.1, -0.05) is 12.1 Å². The van der Waals surface area contributed by atoms with Gasteiger partial charge in [0.1, 0.15) is 11.5 Å². The molecule has 3 heteroatoms. The molecule has 2 N–H and O–H groups in total. The lowest BCUT2D eigenvalue weighted by molar-refractivity contribution is 0.299. The first-order valence-electron chi connectivity index (χ1n) is 6.86. The third kappa shape index (κ3) is 5.35. The Morgan fingerprint density at radius 3 is 2.74 bits per heavy atom. The van der Waals surface area contributed by atoms with Crippen LogP contribution in [0.25, 0.3) is 0 Å². The summed E-state index contributed by atoms with van der Waals surface area (Å²) < 4.78 is 11.1. The summed E-state index contributed by atoms with van der Waals surface area (Å²) in [5.74, 6) is 1.63. The summed E-state index contributed by atoms with van der Waals surface area (Å²) in [5, 5.41) is 0. The largest absolute Gasteiger partial charge is 0.497 e. The van der Waals surface area contributed by atoms with Crippen LogP contribution in [0.1, 0.15) is 44.2 Å². The lowest BCUT2D eigenvalue weighted by Crippen LogP contribution is -2.09. The molecule has 0 aliphatic rings. The molecule has 0 aliphatic carbocycles. The van der Waals surface area contributed by atoms with E-state index in [0.29, 0.717) is 6.61 Å². The van der Waals surface area contributed by atoms with Gasteiger partial charge in [0.25, 0.3) is 0 Å². The summed E-state index contributed by atoms with van der Waals surface area (Å²) >= 11 is 0. The number of methoxy groups -OCH3 is 1. The molecule has 0 radical (unpaired) electrons. The van der Waals surface area contributed by atoms with Crippen molar-refractivity contribution in [1.29, 1.82) is 0 Å². The summed E-state index contributed by atoms with van der Waals surface area (Å²) in [6.07, 6.45) is 6.40. The van der Waals surface area contributed by atoms with Crippen LogP contribution in [0.15, 0.2) is 30.9 Å².